The molecular weight excluding hydrogens is 228 g/mol. The van der Waals surface area contributed by atoms with Crippen LogP contribution < -0.4 is 11.1 Å². The summed E-state index contributed by atoms with van der Waals surface area (Å²) in [6.45, 7) is 0. The van der Waals surface area contributed by atoms with Crippen molar-refractivity contribution in [3.8, 4) is 0 Å². The van der Waals surface area contributed by atoms with Gasteiger partial charge < -0.3 is 16.2 Å². The molecule has 0 aromatic heterocycles. The van der Waals surface area contributed by atoms with Crippen LogP contribution in [0.5, 0.6) is 0 Å². The average molecular weight is 248 g/mol. The van der Waals surface area contributed by atoms with Crippen molar-refractivity contribution in [3.05, 3.63) is 23.8 Å². The lowest BCUT2D eigenvalue weighted by Gasteiger charge is -2.19. The van der Waals surface area contributed by atoms with Crippen molar-refractivity contribution in [2.24, 2.45) is 0 Å². The summed E-state index contributed by atoms with van der Waals surface area (Å²) in [6.07, 6.45) is 7.32. The molecule has 4 N–H and O–H groups in total. The van der Waals surface area contributed by atoms with Crippen LogP contribution in [0.2, 0.25) is 0 Å². The summed E-state index contributed by atoms with van der Waals surface area (Å²) in [5, 5.41) is 12.4. The highest BCUT2D eigenvalue weighted by Gasteiger charge is 2.14. The predicted molar refractivity (Wildman–Crippen MR) is 72.9 cm³/mol. The van der Waals surface area contributed by atoms with Crippen LogP contribution >= 0.6 is 0 Å². The topological polar surface area (TPSA) is 75.4 Å². The largest absolute Gasteiger partial charge is 0.478 e. The van der Waals surface area contributed by atoms with Gasteiger partial charge in [0.2, 0.25) is 0 Å². The maximum Gasteiger partial charge on any atom is 0.335 e. The molecule has 98 valence electrons. The minimum atomic E-state index is -0.918. The zero-order valence-electron chi connectivity index (χ0n) is 10.5. The second kappa shape index (κ2) is 5.76. The number of anilines is 2. The average Bonchev–Trinajstić information content (AvgIpc) is 2.60. The van der Waals surface area contributed by atoms with Crippen molar-refractivity contribution < 1.29 is 9.90 Å². The van der Waals surface area contributed by atoms with Crippen molar-refractivity contribution in [1.82, 2.24) is 0 Å². The molecule has 0 atom stereocenters. The van der Waals surface area contributed by atoms with Gasteiger partial charge >= 0.3 is 5.97 Å². The molecule has 0 amide bonds. The third-order valence-corrected chi connectivity index (χ3v) is 3.52. The molecule has 18 heavy (non-hydrogen) atoms. The van der Waals surface area contributed by atoms with Crippen LogP contribution in [0.3, 0.4) is 0 Å². The summed E-state index contributed by atoms with van der Waals surface area (Å²) in [6, 6.07) is 5.24. The Labute approximate surface area is 107 Å². The van der Waals surface area contributed by atoms with E-state index in [2.05, 4.69) is 5.32 Å². The van der Waals surface area contributed by atoms with E-state index in [1.807, 2.05) is 0 Å². The van der Waals surface area contributed by atoms with E-state index in [1.165, 1.54) is 31.7 Å². The van der Waals surface area contributed by atoms with Gasteiger partial charge in [-0.1, -0.05) is 25.7 Å². The van der Waals surface area contributed by atoms with E-state index in [4.69, 9.17) is 10.8 Å². The van der Waals surface area contributed by atoms with E-state index >= 15 is 0 Å². The fourth-order valence-electron chi connectivity index (χ4n) is 2.46. The minimum absolute atomic E-state index is 0.278. The molecule has 0 bridgehead atoms. The lowest BCUT2D eigenvalue weighted by molar-refractivity contribution is 0.0697. The highest BCUT2D eigenvalue weighted by Crippen LogP contribution is 2.25. The van der Waals surface area contributed by atoms with Gasteiger partial charge in [0.1, 0.15) is 0 Å². The van der Waals surface area contributed by atoms with Crippen LogP contribution in [-0.4, -0.2) is 17.1 Å². The molecule has 0 spiro atoms. The van der Waals surface area contributed by atoms with E-state index in [1.54, 1.807) is 12.1 Å². The first kappa shape index (κ1) is 12.7. The minimum Gasteiger partial charge on any atom is -0.478 e. The van der Waals surface area contributed by atoms with Crippen molar-refractivity contribution in [2.45, 2.75) is 44.6 Å². The summed E-state index contributed by atoms with van der Waals surface area (Å²) in [4.78, 5) is 10.9. The van der Waals surface area contributed by atoms with Crippen LogP contribution in [0.1, 0.15) is 48.9 Å². The van der Waals surface area contributed by atoms with E-state index in [0.717, 1.165) is 18.5 Å². The molecule has 1 aromatic carbocycles. The normalized spacial score (nSPS) is 17.1. The number of carbonyl (C=O) groups is 1. The van der Waals surface area contributed by atoms with Gasteiger partial charge in [-0.2, -0.15) is 0 Å². The molecule has 0 unspecified atom stereocenters. The first-order chi connectivity index (χ1) is 8.66. The number of nitrogen functional groups attached to an aromatic ring is 1. The van der Waals surface area contributed by atoms with E-state index in [9.17, 15) is 4.79 Å². The molecule has 1 aromatic rings. The second-order valence-electron chi connectivity index (χ2n) is 4.94. The van der Waals surface area contributed by atoms with Gasteiger partial charge in [-0.05, 0) is 31.0 Å². The number of carboxylic acids is 1. The molecule has 0 saturated heterocycles. The summed E-state index contributed by atoms with van der Waals surface area (Å²) in [5.74, 6) is -0.918. The van der Waals surface area contributed by atoms with Gasteiger partial charge in [0.25, 0.3) is 0 Å². The number of carboxylic acid groups (broad SMARTS) is 1. The Morgan fingerprint density at radius 1 is 1.22 bits per heavy atom. The Morgan fingerprint density at radius 2 is 1.89 bits per heavy atom. The Balaban J connectivity index is 2.11. The van der Waals surface area contributed by atoms with Crippen LogP contribution in [-0.2, 0) is 0 Å². The van der Waals surface area contributed by atoms with Crippen molar-refractivity contribution in [2.75, 3.05) is 11.1 Å². The number of rotatable bonds is 3. The Bertz CT molecular complexity index is 424. The van der Waals surface area contributed by atoms with Crippen LogP contribution in [0, 0.1) is 0 Å². The lowest BCUT2D eigenvalue weighted by Crippen LogP contribution is -2.19. The number of nitrogens with one attached hydrogen (secondary N) is 1. The molecule has 1 aliphatic rings. The molecular formula is C14H20N2O2. The SMILES string of the molecule is Nc1ccc(C(=O)O)cc1NC1CCCCCC1. The smallest absolute Gasteiger partial charge is 0.335 e. The third kappa shape index (κ3) is 3.15. The number of aromatic carboxylic acids is 1. The van der Waals surface area contributed by atoms with E-state index in [-0.39, 0.29) is 5.56 Å². The van der Waals surface area contributed by atoms with Gasteiger partial charge in [0, 0.05) is 6.04 Å². The standard InChI is InChI=1S/C14H20N2O2/c15-12-8-7-10(14(17)18)9-13(12)16-11-5-3-1-2-4-6-11/h7-9,11,16H,1-6,15H2,(H,17,18). The highest BCUT2D eigenvalue weighted by molar-refractivity contribution is 5.90. The third-order valence-electron chi connectivity index (χ3n) is 3.52. The number of hydrogen-bond donors (Lipinski definition) is 3. The Kier molecular flexibility index (Phi) is 4.07. The van der Waals surface area contributed by atoms with Crippen LogP contribution in [0.15, 0.2) is 18.2 Å². The maximum atomic E-state index is 10.9. The fourth-order valence-corrected chi connectivity index (χ4v) is 2.46. The van der Waals surface area contributed by atoms with Gasteiger partial charge in [0.15, 0.2) is 0 Å². The summed E-state index contributed by atoms with van der Waals surface area (Å²) in [5.41, 5.74) is 7.54. The van der Waals surface area contributed by atoms with Crippen molar-refractivity contribution in [3.63, 3.8) is 0 Å². The van der Waals surface area contributed by atoms with Crippen molar-refractivity contribution in [1.29, 1.82) is 0 Å². The first-order valence-electron chi connectivity index (χ1n) is 6.56. The Hall–Kier alpha value is -1.71. The number of nitrogens with two attached hydrogens (primary N) is 1. The molecule has 0 radical (unpaired) electrons. The molecule has 1 fully saturated rings. The second-order valence-corrected chi connectivity index (χ2v) is 4.94. The summed E-state index contributed by atoms with van der Waals surface area (Å²) >= 11 is 0. The highest BCUT2D eigenvalue weighted by atomic mass is 16.4. The van der Waals surface area contributed by atoms with Gasteiger partial charge in [0.05, 0.1) is 16.9 Å². The quantitative estimate of drug-likeness (QED) is 0.567. The maximum absolute atomic E-state index is 10.9. The molecule has 1 saturated carbocycles. The van der Waals surface area contributed by atoms with Gasteiger partial charge in [-0.25, -0.2) is 4.79 Å². The van der Waals surface area contributed by atoms with Crippen molar-refractivity contribution >= 4 is 17.3 Å². The molecule has 2 rings (SSSR count). The zero-order chi connectivity index (χ0) is 13.0. The summed E-state index contributed by atoms with van der Waals surface area (Å²) in [7, 11) is 0. The van der Waals surface area contributed by atoms with E-state index < -0.39 is 5.97 Å². The van der Waals surface area contributed by atoms with Crippen LogP contribution in [0.4, 0.5) is 11.4 Å². The lowest BCUT2D eigenvalue weighted by atomic mass is 10.1. The van der Waals surface area contributed by atoms with Gasteiger partial charge in [-0.3, -0.25) is 0 Å². The number of benzene rings is 1. The molecule has 1 aliphatic carbocycles. The molecule has 4 nitrogen and oxygen atoms in total. The fraction of sp³-hybridized carbons (Fsp3) is 0.500. The number of hydrogen-bond acceptors (Lipinski definition) is 3. The Morgan fingerprint density at radius 3 is 2.50 bits per heavy atom. The van der Waals surface area contributed by atoms with Crippen LogP contribution in [0.25, 0.3) is 0 Å². The molecule has 0 aliphatic heterocycles. The zero-order valence-corrected chi connectivity index (χ0v) is 10.5. The van der Waals surface area contributed by atoms with Gasteiger partial charge in [-0.15, -0.1) is 0 Å². The monoisotopic (exact) mass is 248 g/mol. The predicted octanol–water partition coefficient (Wildman–Crippen LogP) is 3.10. The van der Waals surface area contributed by atoms with E-state index in [0.29, 0.717) is 11.7 Å². The summed E-state index contributed by atoms with van der Waals surface area (Å²) < 4.78 is 0. The first-order valence-corrected chi connectivity index (χ1v) is 6.56. The molecule has 4 heteroatoms. The molecule has 0 heterocycles.